The number of amides is 8. The summed E-state index contributed by atoms with van der Waals surface area (Å²) in [4.78, 5) is 96.1. The van der Waals surface area contributed by atoms with Crippen LogP contribution >= 0.6 is 23.5 Å². The molecule has 25 heteroatoms. The highest BCUT2D eigenvalue weighted by molar-refractivity contribution is 8.15. The number of pyridine rings is 1. The number of hydrogen-bond acceptors (Lipinski definition) is 16. The number of unbranched alkanes of at least 4 members (excludes halogenated alkanes) is 1. The van der Waals surface area contributed by atoms with Crippen molar-refractivity contribution >= 4 is 64.3 Å². The number of nitrogens with one attached hydrogen (secondary N) is 7. The third-order valence-corrected chi connectivity index (χ3v) is 15.7. The number of hydrazine groups is 1. The lowest BCUT2D eigenvalue weighted by Crippen LogP contribution is -2.50. The summed E-state index contributed by atoms with van der Waals surface area (Å²) in [5.41, 5.74) is 4.13. The molecule has 0 radical (unpaired) electrons. The SMILES string of the molecule is CCc1ccc(CCOc2ccc(CC3SC(=O)N(C(=O)C[C@@H](NC(=O)c4ccc(C5(C(F)(F)F)NN5)cc4)C(=O)NCCCOCCOCCOCCCNC(=O)CCCC[C@@H]4SC[C@@H]5NC(=O)N[C@@H]54)C3=O)cc2)nc1. The van der Waals surface area contributed by atoms with E-state index in [9.17, 15) is 46.7 Å². The molecule has 4 aliphatic rings. The van der Waals surface area contributed by atoms with Crippen LogP contribution in [0.15, 0.2) is 66.9 Å². The number of fused-ring (bicyclic) bond motifs is 1. The smallest absolute Gasteiger partial charge is 0.426 e. The molecule has 4 saturated heterocycles. The van der Waals surface area contributed by atoms with Gasteiger partial charge >= 0.3 is 12.2 Å². The maximum atomic E-state index is 13.7. The summed E-state index contributed by atoms with van der Waals surface area (Å²) < 4.78 is 63.6. The topological polar surface area (TPSA) is 277 Å². The van der Waals surface area contributed by atoms with E-state index in [1.807, 2.05) is 30.1 Å². The van der Waals surface area contributed by atoms with E-state index in [-0.39, 0.29) is 67.9 Å². The number of carbonyl (C=O) groups excluding carboxylic acids is 7. The van der Waals surface area contributed by atoms with E-state index < -0.39 is 58.4 Å². The molecular formula is C52H66F3N9O11S2. The van der Waals surface area contributed by atoms with Crippen LogP contribution < -0.4 is 42.2 Å². The van der Waals surface area contributed by atoms with Gasteiger partial charge in [-0.15, -0.1) is 0 Å². The Bertz CT molecular complexity index is 2490. The zero-order chi connectivity index (χ0) is 54.8. The molecule has 1 aromatic heterocycles. The van der Waals surface area contributed by atoms with Gasteiger partial charge in [-0.05, 0) is 85.5 Å². The van der Waals surface area contributed by atoms with Crippen LogP contribution in [0, 0.1) is 0 Å². The normalized spacial score (nSPS) is 19.8. The Morgan fingerprint density at radius 1 is 0.818 bits per heavy atom. The summed E-state index contributed by atoms with van der Waals surface area (Å²) in [5, 5.41) is 12.5. The molecule has 77 heavy (non-hydrogen) atoms. The van der Waals surface area contributed by atoms with E-state index in [4.69, 9.17) is 18.9 Å². The number of carbonyl (C=O) groups is 7. The van der Waals surface area contributed by atoms with Gasteiger partial charge in [0.1, 0.15) is 11.8 Å². The summed E-state index contributed by atoms with van der Waals surface area (Å²) in [6, 6.07) is 14.1. The summed E-state index contributed by atoms with van der Waals surface area (Å²) in [6.45, 7) is 4.90. The van der Waals surface area contributed by atoms with E-state index >= 15 is 0 Å². The van der Waals surface area contributed by atoms with Crippen LogP contribution in [0.5, 0.6) is 5.75 Å². The largest absolute Gasteiger partial charge is 0.493 e. The Morgan fingerprint density at radius 2 is 1.49 bits per heavy atom. The molecule has 0 aliphatic carbocycles. The first kappa shape index (κ1) is 58.8. The van der Waals surface area contributed by atoms with E-state index in [2.05, 4.69) is 49.3 Å². The third kappa shape index (κ3) is 17.1. The molecule has 0 saturated carbocycles. The van der Waals surface area contributed by atoms with Gasteiger partial charge in [-0.2, -0.15) is 24.9 Å². The monoisotopic (exact) mass is 1110 g/mol. The van der Waals surface area contributed by atoms with Gasteiger partial charge in [0.05, 0.1) is 56.8 Å². The summed E-state index contributed by atoms with van der Waals surface area (Å²) >= 11 is 2.54. The van der Waals surface area contributed by atoms with Crippen molar-refractivity contribution in [2.24, 2.45) is 0 Å². The van der Waals surface area contributed by atoms with Crippen molar-refractivity contribution in [2.75, 3.05) is 65.1 Å². The number of benzene rings is 2. The van der Waals surface area contributed by atoms with Crippen molar-refractivity contribution in [3.8, 4) is 5.75 Å². The standard InChI is InChI=1S/C52H66F3N9O11S2/c1-2-33-9-16-37(58-31-33)19-24-75-38-17-10-34(11-18-38)29-42-48(69)64(50(71)77-42)44(66)30-39(59-46(67)35-12-14-36(15-13-35)51(62-63-51)52(53,54)55)47(68)57-21-6-23-73-26-28-74-27-25-72-22-5-20-56-43(65)8-4-3-7-41-45-40(32-76-41)60-49(70)61-45/h9-18,31,39-42,45,62-63H,2-8,19-30,32H2,1H3,(H,56,65)(H,57,68)(H,59,67)(H2,60,61,70)/t39-,40+,41+,42?,45+/m1/s1. The fraction of sp³-hybridized carbons (Fsp3) is 0.538. The third-order valence-electron chi connectivity index (χ3n) is 13.2. The van der Waals surface area contributed by atoms with Crippen molar-refractivity contribution in [3.63, 3.8) is 0 Å². The minimum Gasteiger partial charge on any atom is -0.493 e. The maximum absolute atomic E-state index is 13.7. The average Bonchev–Trinajstić information content (AvgIpc) is 3.99. The summed E-state index contributed by atoms with van der Waals surface area (Å²) in [5.74, 6) is -1.99. The van der Waals surface area contributed by atoms with Crippen molar-refractivity contribution < 1.29 is 65.7 Å². The lowest BCUT2D eigenvalue weighted by Gasteiger charge is -2.21. The van der Waals surface area contributed by atoms with E-state index in [0.717, 1.165) is 67.0 Å². The minimum atomic E-state index is -4.68. The number of halogens is 3. The molecule has 5 heterocycles. The molecule has 2 aromatic carbocycles. The molecule has 0 bridgehead atoms. The predicted molar refractivity (Wildman–Crippen MR) is 280 cm³/mol. The second-order valence-corrected chi connectivity index (χ2v) is 21.2. The first-order chi connectivity index (χ1) is 37.1. The lowest BCUT2D eigenvalue weighted by molar-refractivity contribution is -0.165. The van der Waals surface area contributed by atoms with Crippen LogP contribution in [0.1, 0.15) is 84.6 Å². The van der Waals surface area contributed by atoms with Crippen LogP contribution in [0.2, 0.25) is 0 Å². The second kappa shape index (κ2) is 28.7. The van der Waals surface area contributed by atoms with Crippen LogP contribution in [-0.4, -0.2) is 151 Å². The number of aryl methyl sites for hydroxylation is 1. The lowest BCUT2D eigenvalue weighted by atomic mass is 10.0. The Balaban J connectivity index is 0.783. The molecule has 7 rings (SSSR count). The molecule has 0 spiro atoms. The summed E-state index contributed by atoms with van der Waals surface area (Å²) in [6.07, 6.45) is 2.11. The highest BCUT2D eigenvalue weighted by atomic mass is 32.2. The number of hydrogen-bond donors (Lipinski definition) is 7. The molecule has 7 N–H and O–H groups in total. The first-order valence-electron chi connectivity index (χ1n) is 25.9. The Labute approximate surface area is 452 Å². The van der Waals surface area contributed by atoms with Crippen molar-refractivity contribution in [1.82, 2.24) is 47.3 Å². The van der Waals surface area contributed by atoms with Crippen LogP contribution in [-0.2, 0) is 58.3 Å². The fourth-order valence-corrected chi connectivity index (χ4v) is 11.3. The van der Waals surface area contributed by atoms with E-state index in [1.165, 1.54) is 0 Å². The van der Waals surface area contributed by atoms with E-state index in [1.54, 1.807) is 24.3 Å². The molecule has 4 aliphatic heterocycles. The molecular weight excluding hydrogens is 1050 g/mol. The summed E-state index contributed by atoms with van der Waals surface area (Å²) in [7, 11) is 0. The van der Waals surface area contributed by atoms with Gasteiger partial charge in [-0.1, -0.05) is 55.4 Å². The van der Waals surface area contributed by atoms with Gasteiger partial charge < -0.3 is 45.5 Å². The average molecular weight is 1110 g/mol. The van der Waals surface area contributed by atoms with Crippen molar-refractivity contribution in [2.45, 2.75) is 112 Å². The fourth-order valence-electron chi connectivity index (χ4n) is 8.75. The predicted octanol–water partition coefficient (Wildman–Crippen LogP) is 4.20. The quantitative estimate of drug-likeness (QED) is 0.0262. The minimum absolute atomic E-state index is 0.00617. The zero-order valence-corrected chi connectivity index (χ0v) is 44.3. The second-order valence-electron chi connectivity index (χ2n) is 18.8. The zero-order valence-electron chi connectivity index (χ0n) is 42.7. The molecule has 3 aromatic rings. The van der Waals surface area contributed by atoms with Gasteiger partial charge in [-0.3, -0.25) is 33.8 Å². The maximum Gasteiger partial charge on any atom is 0.426 e. The van der Waals surface area contributed by atoms with Gasteiger partial charge in [-0.25, -0.2) is 20.5 Å². The number of nitrogens with zero attached hydrogens (tertiary/aromatic N) is 2. The Hall–Kier alpha value is -5.83. The Kier molecular flexibility index (Phi) is 21.9. The number of thioether (sulfide) groups is 2. The number of rotatable bonds is 32. The highest BCUT2D eigenvalue weighted by Crippen LogP contribution is 2.42. The highest BCUT2D eigenvalue weighted by Gasteiger charge is 2.65. The number of urea groups is 1. The van der Waals surface area contributed by atoms with Gasteiger partial charge in [0.25, 0.3) is 17.1 Å². The molecule has 5 atom stereocenters. The molecule has 20 nitrogen and oxygen atoms in total. The number of aromatic nitrogens is 1. The van der Waals surface area contributed by atoms with Crippen LogP contribution in [0.3, 0.4) is 0 Å². The number of imide groups is 3. The Morgan fingerprint density at radius 3 is 2.14 bits per heavy atom. The first-order valence-corrected chi connectivity index (χ1v) is 27.8. The molecule has 418 valence electrons. The molecule has 8 amide bonds. The molecule has 1 unspecified atom stereocenters. The van der Waals surface area contributed by atoms with Crippen LogP contribution in [0.4, 0.5) is 22.8 Å². The van der Waals surface area contributed by atoms with Gasteiger partial charge in [0, 0.05) is 67.6 Å². The van der Waals surface area contributed by atoms with Crippen LogP contribution in [0.25, 0.3) is 0 Å². The molecule has 4 fully saturated rings. The van der Waals surface area contributed by atoms with E-state index in [0.29, 0.717) is 91.9 Å². The number of alkyl halides is 3. The van der Waals surface area contributed by atoms with Crippen molar-refractivity contribution in [1.29, 1.82) is 0 Å². The van der Waals surface area contributed by atoms with Crippen molar-refractivity contribution in [3.05, 3.63) is 94.8 Å². The van der Waals surface area contributed by atoms with Gasteiger partial charge in [0.15, 0.2) is 0 Å². The number of ether oxygens (including phenoxy) is 4. The van der Waals surface area contributed by atoms with Gasteiger partial charge in [0.2, 0.25) is 23.4 Å².